The summed E-state index contributed by atoms with van der Waals surface area (Å²) in [5.74, 6) is -0.180. The molecule has 1 aliphatic heterocycles. The Morgan fingerprint density at radius 3 is 2.86 bits per heavy atom. The van der Waals surface area contributed by atoms with Gasteiger partial charge in [-0.2, -0.15) is 0 Å². The van der Waals surface area contributed by atoms with Crippen LogP contribution in [0, 0.1) is 5.82 Å². The number of imidazole rings is 1. The van der Waals surface area contributed by atoms with E-state index in [0.29, 0.717) is 12.1 Å². The predicted molar refractivity (Wildman–Crippen MR) is 81.6 cm³/mol. The first kappa shape index (κ1) is 14.3. The molecule has 1 aromatic carbocycles. The van der Waals surface area contributed by atoms with Crippen molar-refractivity contribution in [3.05, 3.63) is 53.9 Å². The highest BCUT2D eigenvalue weighted by molar-refractivity contribution is 5.17. The Morgan fingerprint density at radius 2 is 2.14 bits per heavy atom. The minimum absolute atomic E-state index is 0.180. The van der Waals surface area contributed by atoms with Crippen molar-refractivity contribution in [2.75, 3.05) is 6.54 Å². The zero-order valence-electron chi connectivity index (χ0n) is 12.4. The molecule has 1 saturated heterocycles. The van der Waals surface area contributed by atoms with E-state index in [1.54, 1.807) is 0 Å². The standard InChI is InChI=1S/C17H22FN3/c1-13(10-14-5-7-15(18)8-6-14)21-12-19-11-17(21)16-4-2-3-9-20-16/h5-8,11-13,16,20H,2-4,9-10H2,1H3. The van der Waals surface area contributed by atoms with Crippen LogP contribution in [0.1, 0.15) is 49.5 Å². The smallest absolute Gasteiger partial charge is 0.123 e. The van der Waals surface area contributed by atoms with E-state index in [9.17, 15) is 4.39 Å². The third-order valence-corrected chi connectivity index (χ3v) is 4.28. The van der Waals surface area contributed by atoms with Gasteiger partial charge in [0, 0.05) is 18.3 Å². The molecule has 21 heavy (non-hydrogen) atoms. The van der Waals surface area contributed by atoms with E-state index in [1.165, 1.54) is 37.1 Å². The van der Waals surface area contributed by atoms with Crippen molar-refractivity contribution in [1.29, 1.82) is 0 Å². The van der Waals surface area contributed by atoms with Crippen molar-refractivity contribution >= 4 is 0 Å². The van der Waals surface area contributed by atoms with Crippen LogP contribution in [-0.4, -0.2) is 16.1 Å². The molecule has 2 heterocycles. The summed E-state index contributed by atoms with van der Waals surface area (Å²) in [6.07, 6.45) is 8.49. The molecule has 112 valence electrons. The number of piperidine rings is 1. The Morgan fingerprint density at radius 1 is 1.33 bits per heavy atom. The van der Waals surface area contributed by atoms with E-state index in [1.807, 2.05) is 24.7 Å². The van der Waals surface area contributed by atoms with Crippen LogP contribution in [0.3, 0.4) is 0 Å². The fourth-order valence-electron chi connectivity index (χ4n) is 3.12. The van der Waals surface area contributed by atoms with Crippen LogP contribution in [0.4, 0.5) is 4.39 Å². The van der Waals surface area contributed by atoms with Crippen LogP contribution in [0.15, 0.2) is 36.8 Å². The Balaban J connectivity index is 1.74. The summed E-state index contributed by atoms with van der Waals surface area (Å²) in [6, 6.07) is 7.51. The predicted octanol–water partition coefficient (Wildman–Crippen LogP) is 3.64. The Hall–Kier alpha value is -1.68. The van der Waals surface area contributed by atoms with E-state index in [2.05, 4.69) is 21.8 Å². The molecule has 1 aliphatic rings. The lowest BCUT2D eigenvalue weighted by molar-refractivity contribution is 0.382. The number of hydrogen-bond donors (Lipinski definition) is 1. The second-order valence-electron chi connectivity index (χ2n) is 5.91. The Kier molecular flexibility index (Phi) is 4.34. The average molecular weight is 287 g/mol. The minimum Gasteiger partial charge on any atom is -0.330 e. The van der Waals surface area contributed by atoms with Crippen LogP contribution in [0.25, 0.3) is 0 Å². The molecule has 3 nitrogen and oxygen atoms in total. The number of rotatable bonds is 4. The van der Waals surface area contributed by atoms with Crippen LogP contribution in [-0.2, 0) is 6.42 Å². The third-order valence-electron chi connectivity index (χ3n) is 4.28. The van der Waals surface area contributed by atoms with Crippen molar-refractivity contribution in [3.63, 3.8) is 0 Å². The highest BCUT2D eigenvalue weighted by Gasteiger charge is 2.20. The van der Waals surface area contributed by atoms with E-state index in [-0.39, 0.29) is 5.82 Å². The van der Waals surface area contributed by atoms with E-state index in [0.717, 1.165) is 18.5 Å². The highest BCUT2D eigenvalue weighted by atomic mass is 19.1. The van der Waals surface area contributed by atoms with Gasteiger partial charge in [0.1, 0.15) is 5.82 Å². The van der Waals surface area contributed by atoms with Gasteiger partial charge in [-0.25, -0.2) is 9.37 Å². The summed E-state index contributed by atoms with van der Waals surface area (Å²) in [5, 5.41) is 3.58. The maximum absolute atomic E-state index is 13.0. The maximum Gasteiger partial charge on any atom is 0.123 e. The molecule has 1 fully saturated rings. The molecular formula is C17H22FN3. The Bertz CT molecular complexity index is 570. The van der Waals surface area contributed by atoms with Gasteiger partial charge in [-0.15, -0.1) is 0 Å². The topological polar surface area (TPSA) is 29.9 Å². The van der Waals surface area contributed by atoms with Crippen LogP contribution < -0.4 is 5.32 Å². The summed E-state index contributed by atoms with van der Waals surface area (Å²) in [5.41, 5.74) is 2.42. The molecule has 3 rings (SSSR count). The van der Waals surface area contributed by atoms with Gasteiger partial charge in [0.15, 0.2) is 0 Å². The van der Waals surface area contributed by atoms with Crippen molar-refractivity contribution in [2.45, 2.75) is 44.7 Å². The lowest BCUT2D eigenvalue weighted by Crippen LogP contribution is -2.29. The minimum atomic E-state index is -0.180. The largest absolute Gasteiger partial charge is 0.330 e. The zero-order chi connectivity index (χ0) is 14.7. The molecule has 1 N–H and O–H groups in total. The van der Waals surface area contributed by atoms with E-state index in [4.69, 9.17) is 0 Å². The van der Waals surface area contributed by atoms with Gasteiger partial charge in [0.2, 0.25) is 0 Å². The summed E-state index contributed by atoms with van der Waals surface area (Å²) in [6.45, 7) is 3.28. The van der Waals surface area contributed by atoms with Crippen LogP contribution in [0.5, 0.6) is 0 Å². The molecule has 0 saturated carbocycles. The SMILES string of the molecule is CC(Cc1ccc(F)cc1)n1cncc1C1CCCCN1. The van der Waals surface area contributed by atoms with Crippen molar-refractivity contribution in [1.82, 2.24) is 14.9 Å². The second-order valence-corrected chi connectivity index (χ2v) is 5.91. The summed E-state index contributed by atoms with van der Waals surface area (Å²) in [4.78, 5) is 4.34. The van der Waals surface area contributed by atoms with Gasteiger partial charge < -0.3 is 9.88 Å². The Labute approximate surface area is 125 Å². The number of hydrogen-bond acceptors (Lipinski definition) is 2. The number of aromatic nitrogens is 2. The fraction of sp³-hybridized carbons (Fsp3) is 0.471. The summed E-state index contributed by atoms with van der Waals surface area (Å²) in [7, 11) is 0. The van der Waals surface area contributed by atoms with Crippen LogP contribution in [0.2, 0.25) is 0 Å². The van der Waals surface area contributed by atoms with Crippen molar-refractivity contribution in [3.8, 4) is 0 Å². The first-order valence-electron chi connectivity index (χ1n) is 7.73. The van der Waals surface area contributed by atoms with Gasteiger partial charge in [0.05, 0.1) is 12.0 Å². The van der Waals surface area contributed by atoms with Gasteiger partial charge in [-0.3, -0.25) is 0 Å². The van der Waals surface area contributed by atoms with Crippen molar-refractivity contribution in [2.24, 2.45) is 0 Å². The highest BCUT2D eigenvalue weighted by Crippen LogP contribution is 2.26. The van der Waals surface area contributed by atoms with Crippen LogP contribution >= 0.6 is 0 Å². The molecule has 0 aliphatic carbocycles. The third kappa shape index (κ3) is 3.32. The number of nitrogens with zero attached hydrogens (tertiary/aromatic N) is 2. The zero-order valence-corrected chi connectivity index (χ0v) is 12.4. The molecule has 0 bridgehead atoms. The second kappa shape index (κ2) is 6.39. The monoisotopic (exact) mass is 287 g/mol. The molecule has 0 spiro atoms. The maximum atomic E-state index is 13.0. The molecule has 2 atom stereocenters. The van der Waals surface area contributed by atoms with Gasteiger partial charge in [-0.1, -0.05) is 18.6 Å². The van der Waals surface area contributed by atoms with E-state index < -0.39 is 0 Å². The van der Waals surface area contributed by atoms with Gasteiger partial charge in [-0.05, 0) is 50.4 Å². The fourth-order valence-corrected chi connectivity index (χ4v) is 3.12. The lowest BCUT2D eigenvalue weighted by atomic mass is 10.0. The molecular weight excluding hydrogens is 265 g/mol. The van der Waals surface area contributed by atoms with Gasteiger partial charge >= 0.3 is 0 Å². The lowest BCUT2D eigenvalue weighted by Gasteiger charge is -2.26. The number of halogens is 1. The van der Waals surface area contributed by atoms with Crippen molar-refractivity contribution < 1.29 is 4.39 Å². The summed E-state index contributed by atoms with van der Waals surface area (Å²) >= 11 is 0. The van der Waals surface area contributed by atoms with E-state index >= 15 is 0 Å². The van der Waals surface area contributed by atoms with Gasteiger partial charge in [0.25, 0.3) is 0 Å². The molecule has 4 heteroatoms. The summed E-state index contributed by atoms with van der Waals surface area (Å²) < 4.78 is 15.2. The first-order valence-corrected chi connectivity index (χ1v) is 7.73. The molecule has 0 amide bonds. The molecule has 0 radical (unpaired) electrons. The average Bonchev–Trinajstić information content (AvgIpc) is 3.00. The first-order chi connectivity index (χ1) is 10.2. The number of nitrogens with one attached hydrogen (secondary N) is 1. The number of benzene rings is 1. The normalized spacial score (nSPS) is 20.4. The molecule has 1 aromatic heterocycles. The quantitative estimate of drug-likeness (QED) is 0.930. The molecule has 2 aromatic rings. The molecule has 2 unspecified atom stereocenters.